The zero-order chi connectivity index (χ0) is 21.1. The summed E-state index contributed by atoms with van der Waals surface area (Å²) in [6.45, 7) is 5.35. The van der Waals surface area contributed by atoms with E-state index in [9.17, 15) is 13.2 Å². The number of ether oxygens (including phenoxy) is 2. The fraction of sp³-hybridized carbons (Fsp3) is 0.318. The van der Waals surface area contributed by atoms with E-state index in [1.807, 2.05) is 23.1 Å². The van der Waals surface area contributed by atoms with Gasteiger partial charge in [-0.25, -0.2) is 13.1 Å². The SMILES string of the molecule is C=CCNS(=O)(=O)c1ccc(C(=O)N2CCC[C@H]2c2ccc3c(c2)OCCO3)cc1. The van der Waals surface area contributed by atoms with Crippen LogP contribution in [-0.4, -0.2) is 45.5 Å². The number of nitrogens with one attached hydrogen (secondary N) is 1. The van der Waals surface area contributed by atoms with Gasteiger partial charge in [-0.15, -0.1) is 6.58 Å². The summed E-state index contributed by atoms with van der Waals surface area (Å²) >= 11 is 0. The number of sulfonamides is 1. The first-order valence-corrected chi connectivity index (χ1v) is 11.4. The fourth-order valence-corrected chi connectivity index (χ4v) is 4.82. The standard InChI is InChI=1S/C22H24N2O5S/c1-2-11-23-30(26,27)18-8-5-16(6-9-18)22(25)24-12-3-4-19(24)17-7-10-20-21(15-17)29-14-13-28-20/h2,5-10,15,19,23H,1,3-4,11-14H2/t19-/m0/s1. The molecule has 30 heavy (non-hydrogen) atoms. The van der Waals surface area contributed by atoms with Crippen LogP contribution in [0.25, 0.3) is 0 Å². The van der Waals surface area contributed by atoms with Gasteiger partial charge < -0.3 is 14.4 Å². The Kier molecular flexibility index (Phi) is 5.78. The van der Waals surface area contributed by atoms with Crippen molar-refractivity contribution >= 4 is 15.9 Å². The van der Waals surface area contributed by atoms with E-state index >= 15 is 0 Å². The van der Waals surface area contributed by atoms with Crippen molar-refractivity contribution in [3.05, 3.63) is 66.2 Å². The van der Waals surface area contributed by atoms with Crippen LogP contribution in [0, 0.1) is 0 Å². The molecule has 0 aliphatic carbocycles. The Balaban J connectivity index is 1.53. The number of fused-ring (bicyclic) bond motifs is 1. The molecule has 2 aromatic rings. The van der Waals surface area contributed by atoms with Crippen LogP contribution in [0.3, 0.4) is 0 Å². The number of likely N-dealkylation sites (tertiary alicyclic amines) is 1. The van der Waals surface area contributed by atoms with Gasteiger partial charge in [0.05, 0.1) is 10.9 Å². The van der Waals surface area contributed by atoms with Gasteiger partial charge in [0.2, 0.25) is 10.0 Å². The lowest BCUT2D eigenvalue weighted by Gasteiger charge is -2.27. The lowest BCUT2D eigenvalue weighted by molar-refractivity contribution is 0.0735. The topological polar surface area (TPSA) is 84.9 Å². The van der Waals surface area contributed by atoms with Crippen LogP contribution in [0.2, 0.25) is 0 Å². The monoisotopic (exact) mass is 428 g/mol. The van der Waals surface area contributed by atoms with Crippen molar-refractivity contribution in [2.24, 2.45) is 0 Å². The minimum atomic E-state index is -3.62. The van der Waals surface area contributed by atoms with Crippen molar-refractivity contribution in [3.8, 4) is 11.5 Å². The molecule has 1 N–H and O–H groups in total. The summed E-state index contributed by atoms with van der Waals surface area (Å²) in [5.41, 5.74) is 1.47. The molecular formula is C22H24N2O5S. The average molecular weight is 429 g/mol. The summed E-state index contributed by atoms with van der Waals surface area (Å²) in [5, 5.41) is 0. The average Bonchev–Trinajstić information content (AvgIpc) is 3.27. The van der Waals surface area contributed by atoms with Crippen LogP contribution < -0.4 is 14.2 Å². The third kappa shape index (κ3) is 4.06. The number of rotatable bonds is 6. The van der Waals surface area contributed by atoms with E-state index in [2.05, 4.69) is 11.3 Å². The van der Waals surface area contributed by atoms with E-state index in [4.69, 9.17) is 9.47 Å². The molecule has 1 atom stereocenters. The van der Waals surface area contributed by atoms with Gasteiger partial charge in [0, 0.05) is 18.7 Å². The first kappa shape index (κ1) is 20.4. The highest BCUT2D eigenvalue weighted by atomic mass is 32.2. The molecule has 7 nitrogen and oxygen atoms in total. The maximum atomic E-state index is 13.1. The quantitative estimate of drug-likeness (QED) is 0.715. The Morgan fingerprint density at radius 1 is 1.13 bits per heavy atom. The minimum absolute atomic E-state index is 0.0500. The molecule has 2 aliphatic rings. The molecule has 0 saturated carbocycles. The predicted molar refractivity (Wildman–Crippen MR) is 112 cm³/mol. The third-order valence-electron chi connectivity index (χ3n) is 5.29. The molecule has 4 rings (SSSR count). The molecule has 1 amide bonds. The van der Waals surface area contributed by atoms with Gasteiger partial charge in [0.25, 0.3) is 5.91 Å². The van der Waals surface area contributed by atoms with Crippen LogP contribution in [0.1, 0.15) is 34.8 Å². The number of hydrogen-bond acceptors (Lipinski definition) is 5. The molecule has 0 spiro atoms. The van der Waals surface area contributed by atoms with Crippen molar-refractivity contribution in [3.63, 3.8) is 0 Å². The Labute approximate surface area is 176 Å². The smallest absolute Gasteiger partial charge is 0.254 e. The van der Waals surface area contributed by atoms with E-state index in [1.165, 1.54) is 18.2 Å². The molecule has 0 bridgehead atoms. The maximum Gasteiger partial charge on any atom is 0.254 e. The zero-order valence-corrected chi connectivity index (χ0v) is 17.4. The van der Waals surface area contributed by atoms with Crippen molar-refractivity contribution in [2.45, 2.75) is 23.8 Å². The van der Waals surface area contributed by atoms with Gasteiger partial charge in [-0.2, -0.15) is 0 Å². The summed E-state index contributed by atoms with van der Waals surface area (Å²) in [4.78, 5) is 15.1. The third-order valence-corrected chi connectivity index (χ3v) is 6.73. The largest absolute Gasteiger partial charge is 0.486 e. The summed E-state index contributed by atoms with van der Waals surface area (Å²) in [6.07, 6.45) is 3.24. The lowest BCUT2D eigenvalue weighted by Crippen LogP contribution is -2.30. The number of nitrogens with zero attached hydrogens (tertiary/aromatic N) is 1. The summed E-state index contributed by atoms with van der Waals surface area (Å²) in [6, 6.07) is 11.8. The maximum absolute atomic E-state index is 13.1. The highest BCUT2D eigenvalue weighted by molar-refractivity contribution is 7.89. The Morgan fingerprint density at radius 2 is 1.87 bits per heavy atom. The van der Waals surface area contributed by atoms with Gasteiger partial charge in [-0.3, -0.25) is 4.79 Å². The summed E-state index contributed by atoms with van der Waals surface area (Å²) in [7, 11) is -3.62. The fourth-order valence-electron chi connectivity index (χ4n) is 3.82. The van der Waals surface area contributed by atoms with E-state index in [1.54, 1.807) is 12.1 Å². The lowest BCUT2D eigenvalue weighted by atomic mass is 10.0. The van der Waals surface area contributed by atoms with Gasteiger partial charge in [-0.05, 0) is 54.8 Å². The minimum Gasteiger partial charge on any atom is -0.486 e. The Morgan fingerprint density at radius 3 is 2.60 bits per heavy atom. The molecular weight excluding hydrogens is 404 g/mol. The first-order chi connectivity index (χ1) is 14.5. The summed E-state index contributed by atoms with van der Waals surface area (Å²) < 4.78 is 38.1. The van der Waals surface area contributed by atoms with Gasteiger partial charge >= 0.3 is 0 Å². The second kappa shape index (κ2) is 8.49. The molecule has 2 aromatic carbocycles. The van der Waals surface area contributed by atoms with Crippen molar-refractivity contribution in [2.75, 3.05) is 26.3 Å². The van der Waals surface area contributed by atoms with Crippen molar-refractivity contribution in [1.29, 1.82) is 0 Å². The Hall–Kier alpha value is -2.84. The number of hydrogen-bond donors (Lipinski definition) is 1. The molecule has 8 heteroatoms. The molecule has 1 fully saturated rings. The molecule has 1 saturated heterocycles. The number of benzene rings is 2. The van der Waals surface area contributed by atoms with Crippen LogP contribution >= 0.6 is 0 Å². The van der Waals surface area contributed by atoms with Gasteiger partial charge in [0.15, 0.2) is 11.5 Å². The highest BCUT2D eigenvalue weighted by Crippen LogP contribution is 2.38. The Bertz CT molecular complexity index is 1050. The van der Waals surface area contributed by atoms with E-state index in [-0.39, 0.29) is 23.4 Å². The summed E-state index contributed by atoms with van der Waals surface area (Å²) in [5.74, 6) is 1.32. The van der Waals surface area contributed by atoms with Crippen LogP contribution in [0.5, 0.6) is 11.5 Å². The number of amides is 1. The second-order valence-corrected chi connectivity index (χ2v) is 8.99. The van der Waals surface area contributed by atoms with Crippen molar-refractivity contribution < 1.29 is 22.7 Å². The van der Waals surface area contributed by atoms with Crippen LogP contribution in [0.4, 0.5) is 0 Å². The molecule has 2 aliphatic heterocycles. The molecule has 158 valence electrons. The number of carbonyl (C=O) groups excluding carboxylic acids is 1. The second-order valence-electron chi connectivity index (χ2n) is 7.22. The normalized spacial score (nSPS) is 18.3. The first-order valence-electron chi connectivity index (χ1n) is 9.91. The molecule has 0 aromatic heterocycles. The van der Waals surface area contributed by atoms with Gasteiger partial charge in [0.1, 0.15) is 13.2 Å². The molecule has 0 radical (unpaired) electrons. The van der Waals surface area contributed by atoms with Crippen LogP contribution in [0.15, 0.2) is 60.0 Å². The predicted octanol–water partition coefficient (Wildman–Crippen LogP) is 2.90. The van der Waals surface area contributed by atoms with Crippen molar-refractivity contribution in [1.82, 2.24) is 9.62 Å². The zero-order valence-electron chi connectivity index (χ0n) is 16.5. The van der Waals surface area contributed by atoms with Crippen LogP contribution in [-0.2, 0) is 10.0 Å². The highest BCUT2D eigenvalue weighted by Gasteiger charge is 2.31. The molecule has 0 unspecified atom stereocenters. The van der Waals surface area contributed by atoms with E-state index in [0.717, 1.165) is 24.2 Å². The van der Waals surface area contributed by atoms with Gasteiger partial charge in [-0.1, -0.05) is 12.1 Å². The van der Waals surface area contributed by atoms with E-state index in [0.29, 0.717) is 31.1 Å². The van der Waals surface area contributed by atoms with E-state index < -0.39 is 10.0 Å². The number of carbonyl (C=O) groups is 1. The molecule has 2 heterocycles.